The zero-order valence-corrected chi connectivity index (χ0v) is 13.1. The molecule has 1 aliphatic heterocycles. The minimum absolute atomic E-state index is 0.0373. The van der Waals surface area contributed by atoms with Crippen molar-refractivity contribution in [2.45, 2.75) is 64.5 Å². The van der Waals surface area contributed by atoms with E-state index in [2.05, 4.69) is 10.00 Å². The molecular weight excluding hydrogens is 262 g/mol. The summed E-state index contributed by atoms with van der Waals surface area (Å²) in [5.74, 6) is 0.608. The molecule has 21 heavy (non-hydrogen) atoms. The van der Waals surface area contributed by atoms with Gasteiger partial charge in [-0.3, -0.25) is 4.79 Å². The average Bonchev–Trinajstić information content (AvgIpc) is 2.53. The van der Waals surface area contributed by atoms with Gasteiger partial charge in [-0.25, -0.2) is 4.68 Å². The van der Waals surface area contributed by atoms with Crippen LogP contribution in [0, 0.1) is 12.8 Å². The average molecular weight is 289 g/mol. The summed E-state index contributed by atoms with van der Waals surface area (Å²) >= 11 is 0. The quantitative estimate of drug-likeness (QED) is 0.858. The van der Waals surface area contributed by atoms with Crippen molar-refractivity contribution in [1.29, 1.82) is 0 Å². The summed E-state index contributed by atoms with van der Waals surface area (Å²) in [5.41, 5.74) is 0.963. The van der Waals surface area contributed by atoms with E-state index in [4.69, 9.17) is 0 Å². The first-order chi connectivity index (χ1) is 10.2. The molecule has 0 bridgehead atoms. The Hall–Kier alpha value is -1.16. The summed E-state index contributed by atoms with van der Waals surface area (Å²) in [5, 5.41) is 4.37. The second kappa shape index (κ2) is 6.73. The summed E-state index contributed by atoms with van der Waals surface area (Å²) < 4.78 is 1.66. The molecule has 4 nitrogen and oxygen atoms in total. The third kappa shape index (κ3) is 3.73. The molecule has 4 heteroatoms. The molecule has 0 atom stereocenters. The Morgan fingerprint density at radius 2 is 1.81 bits per heavy atom. The predicted molar refractivity (Wildman–Crippen MR) is 84.4 cm³/mol. The first-order valence-corrected chi connectivity index (χ1v) is 8.51. The standard InChI is InChI=1S/C17H27N3O/c1-14-7-8-17(21)20(18-14)13-15-9-11-19(12-10-15)16-5-3-2-4-6-16/h7-8,15-16H,2-6,9-13H2,1H3. The van der Waals surface area contributed by atoms with Crippen molar-refractivity contribution in [1.82, 2.24) is 14.7 Å². The van der Waals surface area contributed by atoms with Crippen LogP contribution < -0.4 is 5.56 Å². The van der Waals surface area contributed by atoms with Gasteiger partial charge < -0.3 is 4.90 Å². The molecule has 3 rings (SSSR count). The molecule has 2 heterocycles. The number of aromatic nitrogens is 2. The molecule has 1 aromatic heterocycles. The van der Waals surface area contributed by atoms with E-state index >= 15 is 0 Å². The van der Waals surface area contributed by atoms with Gasteiger partial charge in [-0.2, -0.15) is 5.10 Å². The number of piperidine rings is 1. The molecule has 0 N–H and O–H groups in total. The fourth-order valence-corrected chi connectivity index (χ4v) is 3.87. The second-order valence-corrected chi connectivity index (χ2v) is 6.77. The highest BCUT2D eigenvalue weighted by Crippen LogP contribution is 2.27. The van der Waals surface area contributed by atoms with E-state index in [1.807, 2.05) is 6.92 Å². The van der Waals surface area contributed by atoms with E-state index in [0.717, 1.165) is 18.3 Å². The Bertz CT molecular complexity index is 511. The Morgan fingerprint density at radius 1 is 1.10 bits per heavy atom. The van der Waals surface area contributed by atoms with E-state index in [1.54, 1.807) is 16.8 Å². The Kier molecular flexibility index (Phi) is 4.73. The minimum atomic E-state index is 0.0373. The van der Waals surface area contributed by atoms with Crippen molar-refractivity contribution in [3.8, 4) is 0 Å². The van der Waals surface area contributed by atoms with Crippen LogP contribution in [0.4, 0.5) is 0 Å². The van der Waals surface area contributed by atoms with E-state index < -0.39 is 0 Å². The highest BCUT2D eigenvalue weighted by atomic mass is 16.1. The van der Waals surface area contributed by atoms with Crippen LogP contribution >= 0.6 is 0 Å². The van der Waals surface area contributed by atoms with E-state index in [-0.39, 0.29) is 5.56 Å². The first kappa shape index (κ1) is 14.8. The van der Waals surface area contributed by atoms with Crippen molar-refractivity contribution in [3.05, 3.63) is 28.2 Å². The van der Waals surface area contributed by atoms with Gasteiger partial charge >= 0.3 is 0 Å². The van der Waals surface area contributed by atoms with Crippen molar-refractivity contribution in [2.24, 2.45) is 5.92 Å². The lowest BCUT2D eigenvalue weighted by molar-refractivity contribution is 0.100. The van der Waals surface area contributed by atoms with Crippen LogP contribution in [0.3, 0.4) is 0 Å². The lowest BCUT2D eigenvalue weighted by atomic mass is 9.90. The van der Waals surface area contributed by atoms with Crippen LogP contribution in [0.1, 0.15) is 50.6 Å². The number of nitrogens with zero attached hydrogens (tertiary/aromatic N) is 3. The Balaban J connectivity index is 1.53. The van der Waals surface area contributed by atoms with Gasteiger partial charge in [-0.05, 0) is 57.7 Å². The summed E-state index contributed by atoms with van der Waals surface area (Å²) in [4.78, 5) is 14.5. The maximum atomic E-state index is 11.8. The molecule has 2 fully saturated rings. The molecule has 1 saturated carbocycles. The molecule has 0 aromatic carbocycles. The Morgan fingerprint density at radius 3 is 2.52 bits per heavy atom. The zero-order chi connectivity index (χ0) is 14.7. The summed E-state index contributed by atoms with van der Waals surface area (Å²) in [6.45, 7) is 5.15. The van der Waals surface area contributed by atoms with E-state index in [0.29, 0.717) is 5.92 Å². The van der Waals surface area contributed by atoms with Gasteiger partial charge in [-0.1, -0.05) is 19.3 Å². The first-order valence-electron chi connectivity index (χ1n) is 8.51. The van der Waals surface area contributed by atoms with Crippen LogP contribution in [-0.2, 0) is 6.54 Å². The molecule has 2 aliphatic rings. The van der Waals surface area contributed by atoms with Crippen LogP contribution in [0.2, 0.25) is 0 Å². The molecule has 116 valence electrons. The zero-order valence-electron chi connectivity index (χ0n) is 13.1. The Labute approximate surface area is 127 Å². The largest absolute Gasteiger partial charge is 0.300 e. The molecule has 0 unspecified atom stereocenters. The molecule has 0 spiro atoms. The molecule has 0 amide bonds. The predicted octanol–water partition coefficient (Wildman–Crippen LogP) is 2.60. The van der Waals surface area contributed by atoms with E-state index in [1.165, 1.54) is 58.0 Å². The highest BCUT2D eigenvalue weighted by molar-refractivity contribution is 4.97. The maximum absolute atomic E-state index is 11.8. The van der Waals surface area contributed by atoms with Crippen molar-refractivity contribution >= 4 is 0 Å². The molecular formula is C17H27N3O. The monoisotopic (exact) mass is 289 g/mol. The van der Waals surface area contributed by atoms with Gasteiger partial charge in [0.1, 0.15) is 0 Å². The number of likely N-dealkylation sites (tertiary alicyclic amines) is 1. The summed E-state index contributed by atoms with van der Waals surface area (Å²) in [6, 6.07) is 4.27. The van der Waals surface area contributed by atoms with Gasteiger partial charge in [0.05, 0.1) is 5.69 Å². The van der Waals surface area contributed by atoms with Gasteiger partial charge in [0.2, 0.25) is 0 Å². The highest BCUT2D eigenvalue weighted by Gasteiger charge is 2.26. The van der Waals surface area contributed by atoms with Crippen LogP contribution in [0.5, 0.6) is 0 Å². The smallest absolute Gasteiger partial charge is 0.266 e. The molecule has 1 saturated heterocycles. The van der Waals surface area contributed by atoms with Gasteiger partial charge in [0.15, 0.2) is 0 Å². The second-order valence-electron chi connectivity index (χ2n) is 6.77. The molecule has 0 radical (unpaired) electrons. The lowest BCUT2D eigenvalue weighted by Gasteiger charge is -2.39. The summed E-state index contributed by atoms with van der Waals surface area (Å²) in [7, 11) is 0. The third-order valence-electron chi connectivity index (χ3n) is 5.17. The number of hydrogen-bond donors (Lipinski definition) is 0. The summed E-state index contributed by atoms with van der Waals surface area (Å²) in [6.07, 6.45) is 9.44. The van der Waals surface area contributed by atoms with Crippen LogP contribution in [0.15, 0.2) is 16.9 Å². The number of rotatable bonds is 3. The SMILES string of the molecule is Cc1ccc(=O)n(CC2CCN(C3CCCCC3)CC2)n1. The normalized spacial score (nSPS) is 22.5. The topological polar surface area (TPSA) is 38.1 Å². The van der Waals surface area contributed by atoms with Crippen molar-refractivity contribution < 1.29 is 0 Å². The third-order valence-corrected chi connectivity index (χ3v) is 5.17. The molecule has 1 aliphatic carbocycles. The van der Waals surface area contributed by atoms with Gasteiger partial charge in [-0.15, -0.1) is 0 Å². The van der Waals surface area contributed by atoms with Crippen molar-refractivity contribution in [2.75, 3.05) is 13.1 Å². The minimum Gasteiger partial charge on any atom is -0.300 e. The lowest BCUT2D eigenvalue weighted by Crippen LogP contribution is -2.43. The fourth-order valence-electron chi connectivity index (χ4n) is 3.87. The van der Waals surface area contributed by atoms with Crippen LogP contribution in [-0.4, -0.2) is 33.8 Å². The molecule has 1 aromatic rings. The maximum Gasteiger partial charge on any atom is 0.266 e. The van der Waals surface area contributed by atoms with E-state index in [9.17, 15) is 4.79 Å². The van der Waals surface area contributed by atoms with Gasteiger partial charge in [0, 0.05) is 18.7 Å². The van der Waals surface area contributed by atoms with Crippen molar-refractivity contribution in [3.63, 3.8) is 0 Å². The number of aryl methyl sites for hydroxylation is 1. The number of hydrogen-bond acceptors (Lipinski definition) is 3. The van der Waals surface area contributed by atoms with Gasteiger partial charge in [0.25, 0.3) is 5.56 Å². The fraction of sp³-hybridized carbons (Fsp3) is 0.765. The van der Waals surface area contributed by atoms with Crippen LogP contribution in [0.25, 0.3) is 0 Å².